The molecule has 29 heavy (non-hydrogen) atoms. The van der Waals surface area contributed by atoms with Crippen molar-refractivity contribution in [3.05, 3.63) is 71.3 Å². The average Bonchev–Trinajstić information content (AvgIpc) is 3.26. The number of hydrogen-bond donors (Lipinski definition) is 0. The van der Waals surface area contributed by atoms with E-state index in [1.165, 1.54) is 0 Å². The Hall–Kier alpha value is -2.79. The molecule has 0 atom stereocenters. The molecule has 0 N–H and O–H groups in total. The number of ketones is 1. The van der Waals surface area contributed by atoms with E-state index < -0.39 is 0 Å². The van der Waals surface area contributed by atoms with Crippen LogP contribution in [0, 0.1) is 12.8 Å². The van der Waals surface area contributed by atoms with Gasteiger partial charge in [0.05, 0.1) is 18.8 Å². The van der Waals surface area contributed by atoms with E-state index in [2.05, 4.69) is 10.0 Å². The van der Waals surface area contributed by atoms with Gasteiger partial charge in [0.2, 0.25) is 0 Å². The lowest BCUT2D eigenvalue weighted by Crippen LogP contribution is -2.42. The lowest BCUT2D eigenvalue weighted by molar-refractivity contribution is -0.132. The molecule has 2 aromatic carbocycles. The van der Waals surface area contributed by atoms with Gasteiger partial charge in [-0.3, -0.25) is 14.5 Å². The number of carbonyl (C=O) groups is 2. The SMILES string of the molecule is Cc1ccc(C(=O)C2CCN(CC(=O)N3CCC(c4ccccc4)=N3)CC2)cc1. The second-order valence-electron chi connectivity index (χ2n) is 7.96. The first kappa shape index (κ1) is 19.5. The largest absolute Gasteiger partial charge is 0.294 e. The van der Waals surface area contributed by atoms with Gasteiger partial charge in [0.1, 0.15) is 0 Å². The minimum Gasteiger partial charge on any atom is -0.294 e. The van der Waals surface area contributed by atoms with Gasteiger partial charge in [-0.1, -0.05) is 60.2 Å². The van der Waals surface area contributed by atoms with Crippen molar-refractivity contribution in [3.63, 3.8) is 0 Å². The second-order valence-corrected chi connectivity index (χ2v) is 7.96. The number of amides is 1. The van der Waals surface area contributed by atoms with Crippen LogP contribution in [0.1, 0.15) is 40.7 Å². The van der Waals surface area contributed by atoms with Crippen molar-refractivity contribution >= 4 is 17.4 Å². The number of hydrogen-bond acceptors (Lipinski definition) is 4. The van der Waals surface area contributed by atoms with E-state index in [0.717, 1.165) is 54.8 Å². The Morgan fingerprint density at radius 3 is 2.34 bits per heavy atom. The van der Waals surface area contributed by atoms with E-state index in [-0.39, 0.29) is 17.6 Å². The zero-order valence-electron chi connectivity index (χ0n) is 16.9. The summed E-state index contributed by atoms with van der Waals surface area (Å²) in [5.74, 6) is 0.324. The Morgan fingerprint density at radius 2 is 1.66 bits per heavy atom. The number of piperidine rings is 1. The predicted octanol–water partition coefficient (Wildman–Crippen LogP) is 3.53. The number of rotatable bonds is 5. The Balaban J connectivity index is 1.28. The van der Waals surface area contributed by atoms with Gasteiger partial charge >= 0.3 is 0 Å². The molecular formula is C24H27N3O2. The maximum Gasteiger partial charge on any atom is 0.256 e. The molecule has 0 radical (unpaired) electrons. The zero-order valence-corrected chi connectivity index (χ0v) is 16.9. The van der Waals surface area contributed by atoms with Crippen LogP contribution in [-0.2, 0) is 4.79 Å². The van der Waals surface area contributed by atoms with Crippen LogP contribution in [0.2, 0.25) is 0 Å². The summed E-state index contributed by atoms with van der Waals surface area (Å²) >= 11 is 0. The van der Waals surface area contributed by atoms with Crippen LogP contribution >= 0.6 is 0 Å². The van der Waals surface area contributed by atoms with E-state index in [1.807, 2.05) is 61.5 Å². The van der Waals surface area contributed by atoms with E-state index in [9.17, 15) is 9.59 Å². The third kappa shape index (κ3) is 4.62. The number of likely N-dealkylation sites (tertiary alicyclic amines) is 1. The van der Waals surface area contributed by atoms with Gasteiger partial charge in [-0.25, -0.2) is 5.01 Å². The fourth-order valence-corrected chi connectivity index (χ4v) is 4.05. The number of Topliss-reactive ketones (excluding diaryl/α,β-unsaturated/α-hetero) is 1. The number of nitrogens with zero attached hydrogens (tertiary/aromatic N) is 3. The van der Waals surface area contributed by atoms with Crippen molar-refractivity contribution in [2.45, 2.75) is 26.2 Å². The molecule has 1 amide bonds. The Labute approximate surface area is 172 Å². The summed E-state index contributed by atoms with van der Waals surface area (Å²) in [4.78, 5) is 27.5. The van der Waals surface area contributed by atoms with Crippen LogP contribution in [0.25, 0.3) is 0 Å². The first-order valence-corrected chi connectivity index (χ1v) is 10.4. The molecule has 2 aliphatic heterocycles. The molecule has 5 heteroatoms. The molecule has 0 bridgehead atoms. The molecule has 1 fully saturated rings. The fourth-order valence-electron chi connectivity index (χ4n) is 4.05. The Kier molecular flexibility index (Phi) is 5.86. The molecule has 0 unspecified atom stereocenters. The summed E-state index contributed by atoms with van der Waals surface area (Å²) in [5, 5.41) is 6.14. The molecule has 5 nitrogen and oxygen atoms in total. The van der Waals surface area contributed by atoms with Gasteiger partial charge in [-0.15, -0.1) is 0 Å². The van der Waals surface area contributed by atoms with Crippen LogP contribution in [0.5, 0.6) is 0 Å². The quantitative estimate of drug-likeness (QED) is 0.735. The first-order valence-electron chi connectivity index (χ1n) is 10.4. The number of hydrazone groups is 1. The molecule has 150 valence electrons. The highest BCUT2D eigenvalue weighted by molar-refractivity contribution is 6.02. The highest BCUT2D eigenvalue weighted by Crippen LogP contribution is 2.22. The summed E-state index contributed by atoms with van der Waals surface area (Å²) in [5.41, 5.74) is 4.01. The van der Waals surface area contributed by atoms with Crippen LogP contribution in [0.4, 0.5) is 0 Å². The van der Waals surface area contributed by atoms with Crippen molar-refractivity contribution in [1.29, 1.82) is 0 Å². The van der Waals surface area contributed by atoms with Crippen molar-refractivity contribution in [2.24, 2.45) is 11.0 Å². The summed E-state index contributed by atoms with van der Waals surface area (Å²) in [6, 6.07) is 17.8. The molecule has 2 heterocycles. The lowest BCUT2D eigenvalue weighted by Gasteiger charge is -2.31. The van der Waals surface area contributed by atoms with Crippen molar-refractivity contribution in [3.8, 4) is 0 Å². The van der Waals surface area contributed by atoms with Crippen molar-refractivity contribution < 1.29 is 9.59 Å². The summed E-state index contributed by atoms with van der Waals surface area (Å²) in [6.07, 6.45) is 2.40. The van der Waals surface area contributed by atoms with Gasteiger partial charge in [0.15, 0.2) is 5.78 Å². The maximum absolute atomic E-state index is 12.7. The minimum absolute atomic E-state index is 0.0410. The van der Waals surface area contributed by atoms with Gasteiger partial charge in [0.25, 0.3) is 5.91 Å². The second kappa shape index (κ2) is 8.70. The minimum atomic E-state index is 0.0410. The highest BCUT2D eigenvalue weighted by Gasteiger charge is 2.28. The van der Waals surface area contributed by atoms with E-state index in [0.29, 0.717) is 13.1 Å². The number of benzene rings is 2. The lowest BCUT2D eigenvalue weighted by atomic mass is 9.88. The smallest absolute Gasteiger partial charge is 0.256 e. The van der Waals surface area contributed by atoms with Crippen molar-refractivity contribution in [1.82, 2.24) is 9.91 Å². The van der Waals surface area contributed by atoms with Gasteiger partial charge < -0.3 is 0 Å². The van der Waals surface area contributed by atoms with E-state index in [1.54, 1.807) is 5.01 Å². The molecule has 0 aromatic heterocycles. The van der Waals surface area contributed by atoms with Crippen molar-refractivity contribution in [2.75, 3.05) is 26.2 Å². The van der Waals surface area contributed by atoms with Crippen LogP contribution < -0.4 is 0 Å². The summed E-state index contributed by atoms with van der Waals surface area (Å²) in [6.45, 7) is 4.59. The topological polar surface area (TPSA) is 53.0 Å². The van der Waals surface area contributed by atoms with Crippen LogP contribution in [0.3, 0.4) is 0 Å². The number of carbonyl (C=O) groups excluding carboxylic acids is 2. The normalized spacial score (nSPS) is 18.0. The molecular weight excluding hydrogens is 362 g/mol. The monoisotopic (exact) mass is 389 g/mol. The molecule has 0 spiro atoms. The standard InChI is InChI=1S/C24H27N3O2/c1-18-7-9-20(10-8-18)24(29)21-11-14-26(15-12-21)17-23(28)27-16-13-22(25-27)19-5-3-2-4-6-19/h2-10,21H,11-17H2,1H3. The zero-order chi connectivity index (χ0) is 20.2. The predicted molar refractivity (Wildman–Crippen MR) is 114 cm³/mol. The molecule has 0 saturated carbocycles. The van der Waals surface area contributed by atoms with Gasteiger partial charge in [-0.05, 0) is 38.4 Å². The first-order chi connectivity index (χ1) is 14.1. The van der Waals surface area contributed by atoms with Crippen LogP contribution in [-0.4, -0.2) is 53.5 Å². The maximum atomic E-state index is 12.7. The molecule has 0 aliphatic carbocycles. The van der Waals surface area contributed by atoms with Gasteiger partial charge in [-0.2, -0.15) is 5.10 Å². The third-order valence-corrected chi connectivity index (χ3v) is 5.85. The summed E-state index contributed by atoms with van der Waals surface area (Å²) < 4.78 is 0. The third-order valence-electron chi connectivity index (χ3n) is 5.85. The molecule has 4 rings (SSSR count). The average molecular weight is 389 g/mol. The molecule has 1 saturated heterocycles. The molecule has 2 aliphatic rings. The summed E-state index contributed by atoms with van der Waals surface area (Å²) in [7, 11) is 0. The number of aryl methyl sites for hydroxylation is 1. The van der Waals surface area contributed by atoms with E-state index in [4.69, 9.17) is 0 Å². The van der Waals surface area contributed by atoms with Crippen LogP contribution in [0.15, 0.2) is 59.7 Å². The molecule has 2 aromatic rings. The fraction of sp³-hybridized carbons (Fsp3) is 0.375. The van der Waals surface area contributed by atoms with E-state index >= 15 is 0 Å². The Bertz CT molecular complexity index is 897. The highest BCUT2D eigenvalue weighted by atomic mass is 16.2. The Morgan fingerprint density at radius 1 is 0.966 bits per heavy atom. The van der Waals surface area contributed by atoms with Gasteiger partial charge in [0, 0.05) is 17.9 Å².